The minimum absolute atomic E-state index is 0.329. The summed E-state index contributed by atoms with van der Waals surface area (Å²) in [5, 5.41) is 2.68. The van der Waals surface area contributed by atoms with Crippen LogP contribution in [0, 0.1) is 6.92 Å². The van der Waals surface area contributed by atoms with Gasteiger partial charge < -0.3 is 10.5 Å². The van der Waals surface area contributed by atoms with E-state index in [2.05, 4.69) is 59.1 Å². The van der Waals surface area contributed by atoms with Crippen LogP contribution in [0.5, 0.6) is 0 Å². The van der Waals surface area contributed by atoms with E-state index < -0.39 is 0 Å². The molecule has 0 aliphatic carbocycles. The predicted molar refractivity (Wildman–Crippen MR) is 71.1 cm³/mol. The molecule has 0 fully saturated rings. The van der Waals surface area contributed by atoms with E-state index in [-0.39, 0.29) is 0 Å². The third kappa shape index (κ3) is 2.97. The van der Waals surface area contributed by atoms with Gasteiger partial charge in [0.05, 0.1) is 6.54 Å². The number of nitrogens with two attached hydrogens (primary N) is 1. The van der Waals surface area contributed by atoms with E-state index >= 15 is 0 Å². The van der Waals surface area contributed by atoms with Crippen LogP contribution in [-0.2, 0) is 4.74 Å². The van der Waals surface area contributed by atoms with Crippen molar-refractivity contribution < 1.29 is 4.74 Å². The quantitative estimate of drug-likeness (QED) is 0.753. The molecule has 1 heterocycles. The van der Waals surface area contributed by atoms with Gasteiger partial charge in [-0.25, -0.2) is 4.99 Å². The molecule has 0 bridgehead atoms. The molecule has 1 aliphatic heterocycles. The molecule has 0 aromatic heterocycles. The SMILES string of the molecule is Cc1cccc2ccccc12.NC1=NCCO1. The van der Waals surface area contributed by atoms with Crippen LogP contribution in [0.15, 0.2) is 47.5 Å². The van der Waals surface area contributed by atoms with Gasteiger partial charge in [-0.2, -0.15) is 0 Å². The molecule has 0 spiro atoms. The summed E-state index contributed by atoms with van der Waals surface area (Å²) in [5.74, 6) is 0. The van der Waals surface area contributed by atoms with Crippen molar-refractivity contribution in [3.63, 3.8) is 0 Å². The van der Waals surface area contributed by atoms with Crippen LogP contribution in [-0.4, -0.2) is 19.2 Å². The molecule has 0 amide bonds. The number of hydrogen-bond donors (Lipinski definition) is 1. The van der Waals surface area contributed by atoms with Gasteiger partial charge in [-0.3, -0.25) is 0 Å². The van der Waals surface area contributed by atoms with Gasteiger partial charge in [0.1, 0.15) is 6.61 Å². The monoisotopic (exact) mass is 228 g/mol. The minimum atomic E-state index is 0.329. The lowest BCUT2D eigenvalue weighted by Gasteiger charge is -1.98. The Balaban J connectivity index is 0.000000153. The molecular formula is C14H16N2O. The maximum Gasteiger partial charge on any atom is 0.282 e. The second-order valence-corrected chi connectivity index (χ2v) is 3.86. The summed E-state index contributed by atoms with van der Waals surface area (Å²) in [5.41, 5.74) is 6.41. The zero-order valence-electron chi connectivity index (χ0n) is 9.89. The Hall–Kier alpha value is -2.03. The van der Waals surface area contributed by atoms with Gasteiger partial charge in [-0.1, -0.05) is 42.5 Å². The fraction of sp³-hybridized carbons (Fsp3) is 0.214. The third-order valence-corrected chi connectivity index (χ3v) is 2.62. The Morgan fingerprint density at radius 1 is 1.12 bits per heavy atom. The zero-order valence-corrected chi connectivity index (χ0v) is 9.89. The zero-order chi connectivity index (χ0) is 12.1. The highest BCUT2D eigenvalue weighted by molar-refractivity contribution is 5.85. The molecule has 2 aromatic carbocycles. The normalized spacial score (nSPS) is 13.6. The van der Waals surface area contributed by atoms with Gasteiger partial charge in [-0.15, -0.1) is 0 Å². The van der Waals surface area contributed by atoms with Crippen LogP contribution in [0.4, 0.5) is 0 Å². The van der Waals surface area contributed by atoms with E-state index in [9.17, 15) is 0 Å². The van der Waals surface area contributed by atoms with Crippen molar-refractivity contribution in [1.29, 1.82) is 0 Å². The van der Waals surface area contributed by atoms with E-state index in [0.29, 0.717) is 12.6 Å². The van der Waals surface area contributed by atoms with E-state index in [1.165, 1.54) is 16.3 Å². The first kappa shape index (κ1) is 11.5. The number of amidine groups is 1. The Bertz CT molecular complexity index is 529. The molecule has 17 heavy (non-hydrogen) atoms. The van der Waals surface area contributed by atoms with Crippen molar-refractivity contribution >= 4 is 16.8 Å². The summed E-state index contributed by atoms with van der Waals surface area (Å²) in [7, 11) is 0. The smallest absolute Gasteiger partial charge is 0.282 e. The highest BCUT2D eigenvalue weighted by Crippen LogP contribution is 2.16. The lowest BCUT2D eigenvalue weighted by atomic mass is 10.1. The molecule has 0 atom stereocenters. The van der Waals surface area contributed by atoms with Gasteiger partial charge in [-0.05, 0) is 23.3 Å². The fourth-order valence-corrected chi connectivity index (χ4v) is 1.74. The molecule has 0 saturated heterocycles. The molecule has 2 N–H and O–H groups in total. The van der Waals surface area contributed by atoms with Crippen molar-refractivity contribution in [1.82, 2.24) is 0 Å². The first-order chi connectivity index (χ1) is 8.27. The number of aliphatic imine (C=N–C) groups is 1. The van der Waals surface area contributed by atoms with Gasteiger partial charge in [0.15, 0.2) is 0 Å². The lowest BCUT2D eigenvalue weighted by molar-refractivity contribution is 0.342. The van der Waals surface area contributed by atoms with E-state index in [0.717, 1.165) is 6.54 Å². The maximum atomic E-state index is 5.06. The molecule has 3 nitrogen and oxygen atoms in total. The van der Waals surface area contributed by atoms with Gasteiger partial charge in [0, 0.05) is 0 Å². The second kappa shape index (κ2) is 5.34. The number of hydrogen-bond acceptors (Lipinski definition) is 3. The molecule has 0 radical (unpaired) electrons. The standard InChI is InChI=1S/C11H10.C3H6N2O/c1-9-5-4-7-10-6-2-3-8-11(9)10;4-3-5-1-2-6-3/h2-8H,1H3;1-2H2,(H2,4,5). The van der Waals surface area contributed by atoms with Crippen molar-refractivity contribution in [2.24, 2.45) is 10.7 Å². The molecule has 2 aromatic rings. The Morgan fingerprint density at radius 2 is 1.88 bits per heavy atom. The first-order valence-electron chi connectivity index (χ1n) is 5.64. The summed E-state index contributed by atoms with van der Waals surface area (Å²) in [6.07, 6.45) is 0. The number of rotatable bonds is 0. The maximum absolute atomic E-state index is 5.06. The third-order valence-electron chi connectivity index (χ3n) is 2.62. The van der Waals surface area contributed by atoms with Gasteiger partial charge in [0.2, 0.25) is 0 Å². The summed E-state index contributed by atoms with van der Waals surface area (Å²) < 4.78 is 4.68. The number of benzene rings is 2. The van der Waals surface area contributed by atoms with E-state index in [1.807, 2.05) is 0 Å². The van der Waals surface area contributed by atoms with Crippen LogP contribution in [0.2, 0.25) is 0 Å². The second-order valence-electron chi connectivity index (χ2n) is 3.86. The summed E-state index contributed by atoms with van der Waals surface area (Å²) in [6.45, 7) is 3.53. The Labute approximate surface area is 101 Å². The van der Waals surface area contributed by atoms with Gasteiger partial charge >= 0.3 is 0 Å². The van der Waals surface area contributed by atoms with Crippen molar-refractivity contribution in [3.05, 3.63) is 48.0 Å². The Kier molecular flexibility index (Phi) is 3.60. The van der Waals surface area contributed by atoms with Crippen LogP contribution in [0.25, 0.3) is 10.8 Å². The average molecular weight is 228 g/mol. The van der Waals surface area contributed by atoms with Gasteiger partial charge in [0.25, 0.3) is 6.02 Å². The van der Waals surface area contributed by atoms with Crippen molar-refractivity contribution in [2.75, 3.05) is 13.2 Å². The summed E-state index contributed by atoms with van der Waals surface area (Å²) in [6, 6.07) is 15.2. The molecule has 0 unspecified atom stereocenters. The molecule has 3 rings (SSSR count). The summed E-state index contributed by atoms with van der Waals surface area (Å²) in [4.78, 5) is 3.71. The topological polar surface area (TPSA) is 47.6 Å². The molecule has 3 heteroatoms. The van der Waals surface area contributed by atoms with E-state index in [1.54, 1.807) is 0 Å². The lowest BCUT2D eigenvalue weighted by Crippen LogP contribution is -2.10. The predicted octanol–water partition coefficient (Wildman–Crippen LogP) is 2.48. The average Bonchev–Trinajstić information content (AvgIpc) is 2.82. The van der Waals surface area contributed by atoms with Crippen LogP contribution in [0.1, 0.15) is 5.56 Å². The summed E-state index contributed by atoms with van der Waals surface area (Å²) >= 11 is 0. The first-order valence-corrected chi connectivity index (χ1v) is 5.64. The molecular weight excluding hydrogens is 212 g/mol. The van der Waals surface area contributed by atoms with Crippen molar-refractivity contribution in [2.45, 2.75) is 6.92 Å². The number of ether oxygens (including phenoxy) is 1. The fourth-order valence-electron chi connectivity index (χ4n) is 1.74. The number of fused-ring (bicyclic) bond motifs is 1. The van der Waals surface area contributed by atoms with Crippen LogP contribution >= 0.6 is 0 Å². The molecule has 88 valence electrons. The highest BCUT2D eigenvalue weighted by Gasteiger charge is 1.97. The highest BCUT2D eigenvalue weighted by atomic mass is 16.5. The van der Waals surface area contributed by atoms with E-state index in [4.69, 9.17) is 5.73 Å². The van der Waals surface area contributed by atoms with Crippen molar-refractivity contribution in [3.8, 4) is 0 Å². The van der Waals surface area contributed by atoms with Crippen LogP contribution in [0.3, 0.4) is 0 Å². The molecule has 1 aliphatic rings. The number of nitrogens with zero attached hydrogens (tertiary/aromatic N) is 1. The van der Waals surface area contributed by atoms with Crippen LogP contribution < -0.4 is 5.73 Å². The molecule has 0 saturated carbocycles. The minimum Gasteiger partial charge on any atom is -0.463 e. The Morgan fingerprint density at radius 3 is 2.47 bits per heavy atom. The number of aryl methyl sites for hydroxylation is 1. The largest absolute Gasteiger partial charge is 0.463 e.